The topological polar surface area (TPSA) is 15.8 Å². The number of hydrogen-bond donors (Lipinski definition) is 1. The van der Waals surface area contributed by atoms with Gasteiger partial charge in [0.25, 0.3) is 0 Å². The minimum absolute atomic E-state index is 0.179. The van der Waals surface area contributed by atoms with Gasteiger partial charge in [-0.2, -0.15) is 0 Å². The molecule has 54 valence electrons. The van der Waals surface area contributed by atoms with Crippen molar-refractivity contribution in [2.24, 2.45) is 0 Å². The van der Waals surface area contributed by atoms with E-state index in [4.69, 9.17) is 0 Å². The zero-order chi connectivity index (χ0) is 7.23. The van der Waals surface area contributed by atoms with Gasteiger partial charge >= 0.3 is 71.0 Å². The predicted molar refractivity (Wildman–Crippen MR) is 40.1 cm³/mol. The normalized spacial score (nSPS) is 9.70. The molecule has 0 aliphatic rings. The predicted octanol–water partition coefficient (Wildman–Crippen LogP) is 1.94. The second kappa shape index (κ2) is 4.76. The zero-order valence-corrected chi connectivity index (χ0v) is 7.91. The van der Waals surface area contributed by atoms with Gasteiger partial charge in [-0.05, 0) is 0 Å². The number of rotatable bonds is 4. The molecule has 0 amide bonds. The third kappa shape index (κ3) is 2.72. The van der Waals surface area contributed by atoms with Crippen LogP contribution in [0.25, 0.3) is 0 Å². The molecule has 2 heteroatoms. The molecule has 1 nitrogen and oxygen atoms in total. The van der Waals surface area contributed by atoms with Crippen molar-refractivity contribution in [1.29, 1.82) is 0 Å². The van der Waals surface area contributed by atoms with Crippen LogP contribution >= 0.6 is 0 Å². The monoisotopic (exact) mass is 171 g/mol. The molecule has 0 bridgehead atoms. The van der Waals surface area contributed by atoms with Crippen LogP contribution in [-0.2, 0) is 19.2 Å². The number of aromatic nitrogens is 1. The molecule has 0 atom stereocenters. The van der Waals surface area contributed by atoms with Gasteiger partial charge in [0.05, 0.1) is 0 Å². The third-order valence-electron chi connectivity index (χ3n) is 1.44. The summed E-state index contributed by atoms with van der Waals surface area (Å²) < 4.78 is 2.94. The first kappa shape index (κ1) is 8.09. The number of unbranched alkanes of at least 4 members (excludes halogenated alkanes) is 1. The summed E-state index contributed by atoms with van der Waals surface area (Å²) in [6.45, 7) is 2.25. The molecular formula is C8H13NTi. The molecule has 0 saturated heterocycles. The van der Waals surface area contributed by atoms with Crippen molar-refractivity contribution >= 4 is 4.00 Å². The van der Waals surface area contributed by atoms with Crippen molar-refractivity contribution in [3.63, 3.8) is 0 Å². The number of H-pyrrole nitrogens is 1. The van der Waals surface area contributed by atoms with Crippen LogP contribution in [-0.4, -0.2) is 4.98 Å². The molecular weight excluding hydrogens is 158 g/mol. The summed E-state index contributed by atoms with van der Waals surface area (Å²) in [7, 11) is 0. The van der Waals surface area contributed by atoms with E-state index in [1.54, 1.807) is 0 Å². The third-order valence-corrected chi connectivity index (χ3v) is 3.47. The minimum atomic E-state index is 0.179. The van der Waals surface area contributed by atoms with Gasteiger partial charge < -0.3 is 0 Å². The van der Waals surface area contributed by atoms with Gasteiger partial charge in [-0.25, -0.2) is 0 Å². The maximum absolute atomic E-state index is 3.25. The Hall–Kier alpha value is -0.00571. The molecule has 0 aromatic carbocycles. The fourth-order valence-corrected chi connectivity index (χ4v) is 2.71. The molecule has 0 unspecified atom stereocenters. The Kier molecular flexibility index (Phi) is 3.85. The number of hydrogen-bond acceptors (Lipinski definition) is 0. The van der Waals surface area contributed by atoms with Crippen LogP contribution in [0.5, 0.6) is 0 Å². The summed E-state index contributed by atoms with van der Waals surface area (Å²) in [5, 5.41) is 0. The van der Waals surface area contributed by atoms with E-state index in [1.807, 2.05) is 6.20 Å². The average molecular weight is 171 g/mol. The van der Waals surface area contributed by atoms with E-state index < -0.39 is 0 Å². The van der Waals surface area contributed by atoms with Crippen molar-refractivity contribution in [3.8, 4) is 0 Å². The van der Waals surface area contributed by atoms with E-state index in [0.717, 1.165) is 0 Å². The Morgan fingerprint density at radius 2 is 2.50 bits per heavy atom. The first-order valence-corrected chi connectivity index (χ1v) is 5.69. The molecule has 0 fully saturated rings. The van der Waals surface area contributed by atoms with Crippen LogP contribution in [0.2, 0.25) is 4.73 Å². The zero-order valence-electron chi connectivity index (χ0n) is 6.35. The van der Waals surface area contributed by atoms with Crippen LogP contribution in [0.4, 0.5) is 0 Å². The van der Waals surface area contributed by atoms with Gasteiger partial charge in [-0.3, -0.25) is 0 Å². The van der Waals surface area contributed by atoms with Crippen molar-refractivity contribution in [2.75, 3.05) is 0 Å². The van der Waals surface area contributed by atoms with Crippen LogP contribution < -0.4 is 4.00 Å². The molecule has 0 aliphatic heterocycles. The van der Waals surface area contributed by atoms with E-state index >= 15 is 0 Å². The number of aromatic amines is 1. The maximum atomic E-state index is 3.25. The summed E-state index contributed by atoms with van der Waals surface area (Å²) in [5.41, 5.74) is 0. The summed E-state index contributed by atoms with van der Waals surface area (Å²) in [6.07, 6.45) is 4.76. The molecule has 1 rings (SSSR count). The fourth-order valence-electron chi connectivity index (χ4n) is 0.840. The molecule has 1 N–H and O–H groups in total. The summed E-state index contributed by atoms with van der Waals surface area (Å²) >= 11 is 0.179. The van der Waals surface area contributed by atoms with Crippen LogP contribution in [0, 0.1) is 0 Å². The quantitative estimate of drug-likeness (QED) is 0.526. The Morgan fingerprint density at radius 1 is 1.60 bits per heavy atom. The molecule has 0 aliphatic carbocycles. The molecule has 1 aromatic rings. The second-order valence-corrected chi connectivity index (χ2v) is 4.54. The Balaban J connectivity index is 2.15. The van der Waals surface area contributed by atoms with Crippen LogP contribution in [0.1, 0.15) is 19.8 Å². The van der Waals surface area contributed by atoms with Gasteiger partial charge in [-0.1, -0.05) is 0 Å². The van der Waals surface area contributed by atoms with Gasteiger partial charge in [0.15, 0.2) is 0 Å². The van der Waals surface area contributed by atoms with E-state index in [2.05, 4.69) is 24.0 Å². The van der Waals surface area contributed by atoms with Gasteiger partial charge in [0.2, 0.25) is 0 Å². The molecule has 0 spiro atoms. The van der Waals surface area contributed by atoms with Gasteiger partial charge in [0, 0.05) is 0 Å². The summed E-state index contributed by atoms with van der Waals surface area (Å²) in [4.78, 5) is 3.25. The van der Waals surface area contributed by atoms with Crippen molar-refractivity contribution in [3.05, 3.63) is 18.3 Å². The molecule has 0 saturated carbocycles. The van der Waals surface area contributed by atoms with E-state index in [9.17, 15) is 0 Å². The standard InChI is InChI=1S/C4H4N.C4H9.Ti/c1-2-4-5-3-1;1-3-4-2;/h1-3,5H;1,3-4H2,2H3;. The molecule has 10 heavy (non-hydrogen) atoms. The van der Waals surface area contributed by atoms with Crippen molar-refractivity contribution in [2.45, 2.75) is 24.5 Å². The summed E-state index contributed by atoms with van der Waals surface area (Å²) in [6, 6.07) is 4.29. The first-order chi connectivity index (χ1) is 4.93. The van der Waals surface area contributed by atoms with Crippen molar-refractivity contribution < 1.29 is 19.2 Å². The molecule has 1 heterocycles. The van der Waals surface area contributed by atoms with Crippen molar-refractivity contribution in [1.82, 2.24) is 4.98 Å². The summed E-state index contributed by atoms with van der Waals surface area (Å²) in [5.74, 6) is 0. The average Bonchev–Trinajstić information content (AvgIpc) is 2.41. The van der Waals surface area contributed by atoms with Gasteiger partial charge in [-0.15, -0.1) is 0 Å². The van der Waals surface area contributed by atoms with Crippen LogP contribution in [0.3, 0.4) is 0 Å². The Labute approximate surface area is 71.2 Å². The molecule has 0 radical (unpaired) electrons. The van der Waals surface area contributed by atoms with E-state index in [-0.39, 0.29) is 19.2 Å². The molecule has 1 aromatic heterocycles. The van der Waals surface area contributed by atoms with E-state index in [0.29, 0.717) is 0 Å². The Morgan fingerprint density at radius 3 is 3.10 bits per heavy atom. The second-order valence-electron chi connectivity index (χ2n) is 2.36. The first-order valence-electron chi connectivity index (χ1n) is 3.80. The van der Waals surface area contributed by atoms with Crippen LogP contribution in [0.15, 0.2) is 18.3 Å². The fraction of sp³-hybridized carbons (Fsp3) is 0.500. The van der Waals surface area contributed by atoms with Gasteiger partial charge in [0.1, 0.15) is 0 Å². The SMILES string of the molecule is CCC[CH2][Ti][c]1ccc[nH]1. The number of nitrogens with one attached hydrogen (secondary N) is 1. The Bertz CT molecular complexity index is 158. The van der Waals surface area contributed by atoms with E-state index in [1.165, 1.54) is 21.6 Å².